The van der Waals surface area contributed by atoms with Crippen LogP contribution in [0.1, 0.15) is 36.5 Å². The molecule has 10 nitrogen and oxygen atoms in total. The molecular weight excluding hydrogens is 408 g/mol. The Hall–Kier alpha value is -3.78. The lowest BCUT2D eigenvalue weighted by atomic mass is 10.0. The van der Waals surface area contributed by atoms with E-state index in [9.17, 15) is 18.5 Å². The van der Waals surface area contributed by atoms with E-state index in [0.717, 1.165) is 10.5 Å². The molecule has 11 heteroatoms. The first-order valence-corrected chi connectivity index (χ1v) is 10.3. The average Bonchev–Trinajstić information content (AvgIpc) is 3.13. The molecule has 3 aromatic rings. The molecule has 0 radical (unpaired) electrons. The summed E-state index contributed by atoms with van der Waals surface area (Å²) in [6.45, 7) is 3.60. The molecular formula is C19H18N6O4S. The number of rotatable bonds is 6. The Kier molecular flexibility index (Phi) is 5.53. The van der Waals surface area contributed by atoms with Gasteiger partial charge in [0.15, 0.2) is 0 Å². The normalized spacial score (nSPS) is 11.8. The summed E-state index contributed by atoms with van der Waals surface area (Å²) in [5.41, 5.74) is 1.66. The van der Waals surface area contributed by atoms with Crippen LogP contribution in [0.25, 0.3) is 5.52 Å². The highest BCUT2D eigenvalue weighted by Gasteiger charge is 2.27. The highest BCUT2D eigenvalue weighted by atomic mass is 32.2. The van der Waals surface area contributed by atoms with Gasteiger partial charge in [-0.3, -0.25) is 10.1 Å². The van der Waals surface area contributed by atoms with Gasteiger partial charge in [-0.1, -0.05) is 19.9 Å². The standard InChI is InChI=1S/C19H18N6O4S/c1-13(2)17-5-4-16(25(26)27)9-19(17)30(28,29)23(3)21-11-15-12-22-24-7-6-14(10-20)8-18(15)24/h4-9,11-13H,1-3H3/b21-11+. The van der Waals surface area contributed by atoms with E-state index in [0.29, 0.717) is 22.2 Å². The molecule has 2 heterocycles. The van der Waals surface area contributed by atoms with E-state index in [2.05, 4.69) is 10.2 Å². The van der Waals surface area contributed by atoms with Crippen LogP contribution in [0.3, 0.4) is 0 Å². The number of nitriles is 1. The van der Waals surface area contributed by atoms with Crippen molar-refractivity contribution in [3.05, 3.63) is 69.5 Å². The van der Waals surface area contributed by atoms with Crippen LogP contribution >= 0.6 is 0 Å². The first kappa shape index (κ1) is 20.9. The summed E-state index contributed by atoms with van der Waals surface area (Å²) in [5.74, 6) is -0.169. The quantitative estimate of drug-likeness (QED) is 0.338. The summed E-state index contributed by atoms with van der Waals surface area (Å²) < 4.78 is 28.5. The molecule has 0 N–H and O–H groups in total. The van der Waals surface area contributed by atoms with Gasteiger partial charge in [-0.05, 0) is 23.6 Å². The number of nitro benzene ring substituents is 1. The maximum Gasteiger partial charge on any atom is 0.279 e. The van der Waals surface area contributed by atoms with E-state index >= 15 is 0 Å². The number of nitrogens with zero attached hydrogens (tertiary/aromatic N) is 6. The molecule has 0 aliphatic rings. The van der Waals surface area contributed by atoms with Gasteiger partial charge in [0.05, 0.1) is 39.4 Å². The number of non-ortho nitro benzene ring substituents is 1. The highest BCUT2D eigenvalue weighted by Crippen LogP contribution is 2.29. The molecule has 0 saturated heterocycles. The Balaban J connectivity index is 2.01. The second-order valence-electron chi connectivity index (χ2n) is 6.77. The van der Waals surface area contributed by atoms with E-state index < -0.39 is 14.9 Å². The zero-order valence-electron chi connectivity index (χ0n) is 16.4. The molecule has 0 amide bonds. The maximum atomic E-state index is 13.1. The van der Waals surface area contributed by atoms with Crippen molar-refractivity contribution in [1.29, 1.82) is 5.26 Å². The number of hydrogen-bond donors (Lipinski definition) is 0. The smallest absolute Gasteiger partial charge is 0.258 e. The van der Waals surface area contributed by atoms with Gasteiger partial charge in [0.2, 0.25) is 0 Å². The minimum Gasteiger partial charge on any atom is -0.258 e. The predicted octanol–water partition coefficient (Wildman–Crippen LogP) is 2.89. The first-order valence-electron chi connectivity index (χ1n) is 8.84. The molecule has 3 rings (SSSR count). The fourth-order valence-corrected chi connectivity index (χ4v) is 4.18. The summed E-state index contributed by atoms with van der Waals surface area (Å²) in [7, 11) is -2.89. The summed E-state index contributed by atoms with van der Waals surface area (Å²) in [6.07, 6.45) is 4.42. The van der Waals surface area contributed by atoms with Crippen LogP contribution in [0.15, 0.2) is 52.7 Å². The summed E-state index contributed by atoms with van der Waals surface area (Å²) >= 11 is 0. The fourth-order valence-electron chi connectivity index (χ4n) is 2.85. The Labute approximate surface area is 172 Å². The average molecular weight is 426 g/mol. The number of pyridine rings is 1. The molecule has 2 aromatic heterocycles. The third-order valence-electron chi connectivity index (χ3n) is 4.50. The van der Waals surface area contributed by atoms with E-state index in [1.807, 2.05) is 6.07 Å². The minimum atomic E-state index is -4.14. The lowest BCUT2D eigenvalue weighted by Gasteiger charge is -2.18. The van der Waals surface area contributed by atoms with Crippen molar-refractivity contribution in [3.8, 4) is 6.07 Å². The molecule has 0 fully saturated rings. The van der Waals surface area contributed by atoms with E-state index in [-0.39, 0.29) is 16.5 Å². The molecule has 30 heavy (non-hydrogen) atoms. The first-order chi connectivity index (χ1) is 14.1. The molecule has 0 bridgehead atoms. The number of hydrogen-bond acceptors (Lipinski definition) is 7. The monoisotopic (exact) mass is 426 g/mol. The van der Waals surface area contributed by atoms with Crippen LogP contribution < -0.4 is 0 Å². The van der Waals surface area contributed by atoms with Gasteiger partial charge in [0.1, 0.15) is 0 Å². The van der Waals surface area contributed by atoms with Gasteiger partial charge >= 0.3 is 0 Å². The Morgan fingerprint density at radius 3 is 2.70 bits per heavy atom. The van der Waals surface area contributed by atoms with E-state index in [1.54, 1.807) is 32.2 Å². The maximum absolute atomic E-state index is 13.1. The zero-order valence-corrected chi connectivity index (χ0v) is 17.2. The molecule has 1 aromatic carbocycles. The summed E-state index contributed by atoms with van der Waals surface area (Å²) in [5, 5.41) is 28.3. The fraction of sp³-hybridized carbons (Fsp3) is 0.211. The second kappa shape index (κ2) is 7.92. The van der Waals surface area contributed by atoms with Gasteiger partial charge in [-0.2, -0.15) is 28.3 Å². The summed E-state index contributed by atoms with van der Waals surface area (Å²) in [6, 6.07) is 9.02. The van der Waals surface area contributed by atoms with Crippen LogP contribution in [-0.2, 0) is 10.0 Å². The van der Waals surface area contributed by atoms with Crippen molar-refractivity contribution in [2.24, 2.45) is 5.10 Å². The molecule has 0 aliphatic carbocycles. The second-order valence-corrected chi connectivity index (χ2v) is 8.69. The van der Waals surface area contributed by atoms with Crippen molar-refractivity contribution in [2.75, 3.05) is 7.05 Å². The molecule has 0 aliphatic heterocycles. The lowest BCUT2D eigenvalue weighted by Crippen LogP contribution is -2.23. The van der Waals surface area contributed by atoms with Crippen molar-refractivity contribution in [1.82, 2.24) is 14.0 Å². The molecule has 0 unspecified atom stereocenters. The van der Waals surface area contributed by atoms with Gasteiger partial charge in [0.25, 0.3) is 15.7 Å². The SMILES string of the molecule is CC(C)c1ccc([N+](=O)[O-])cc1S(=O)(=O)N(C)/N=C/c1cnn2ccc(C#N)cc12. The zero-order chi connectivity index (χ0) is 22.1. The van der Waals surface area contributed by atoms with Crippen LogP contribution in [0.5, 0.6) is 0 Å². The Morgan fingerprint density at radius 2 is 2.07 bits per heavy atom. The highest BCUT2D eigenvalue weighted by molar-refractivity contribution is 7.89. The predicted molar refractivity (Wildman–Crippen MR) is 110 cm³/mol. The number of fused-ring (bicyclic) bond motifs is 1. The topological polar surface area (TPSA) is 134 Å². The van der Waals surface area contributed by atoms with Crippen LogP contribution in [0, 0.1) is 21.4 Å². The van der Waals surface area contributed by atoms with E-state index in [1.165, 1.54) is 36.1 Å². The van der Waals surface area contributed by atoms with Crippen molar-refractivity contribution in [2.45, 2.75) is 24.7 Å². The Bertz CT molecular complexity index is 1300. The van der Waals surface area contributed by atoms with Gasteiger partial charge in [0, 0.05) is 30.9 Å². The minimum absolute atomic E-state index is 0.169. The number of benzene rings is 1. The van der Waals surface area contributed by atoms with Crippen molar-refractivity contribution < 1.29 is 13.3 Å². The molecule has 0 saturated carbocycles. The van der Waals surface area contributed by atoms with Gasteiger partial charge in [-0.15, -0.1) is 0 Å². The molecule has 154 valence electrons. The lowest BCUT2D eigenvalue weighted by molar-refractivity contribution is -0.385. The van der Waals surface area contributed by atoms with Crippen molar-refractivity contribution >= 4 is 27.4 Å². The van der Waals surface area contributed by atoms with Gasteiger partial charge in [-0.25, -0.2) is 4.52 Å². The number of aromatic nitrogens is 2. The molecule has 0 spiro atoms. The number of hydrazone groups is 1. The summed E-state index contributed by atoms with van der Waals surface area (Å²) in [4.78, 5) is 10.3. The number of nitro groups is 1. The van der Waals surface area contributed by atoms with Gasteiger partial charge < -0.3 is 0 Å². The van der Waals surface area contributed by atoms with Crippen LogP contribution in [0.4, 0.5) is 5.69 Å². The van der Waals surface area contributed by atoms with Crippen LogP contribution in [-0.4, -0.2) is 40.6 Å². The number of sulfonamides is 1. The molecule has 0 atom stereocenters. The van der Waals surface area contributed by atoms with E-state index in [4.69, 9.17) is 5.26 Å². The van der Waals surface area contributed by atoms with Crippen molar-refractivity contribution in [3.63, 3.8) is 0 Å². The largest absolute Gasteiger partial charge is 0.279 e. The Morgan fingerprint density at radius 1 is 1.33 bits per heavy atom. The third-order valence-corrected chi connectivity index (χ3v) is 6.19. The third kappa shape index (κ3) is 3.85. The van der Waals surface area contributed by atoms with Crippen LogP contribution in [0.2, 0.25) is 0 Å².